The number of hydrogen-bond donors (Lipinski definition) is 3. The molecule has 0 heterocycles. The van der Waals surface area contributed by atoms with Crippen LogP contribution in [0.5, 0.6) is 5.75 Å². The maximum Gasteiger partial charge on any atom is 0.191 e. The normalized spacial score (nSPS) is 15.8. The van der Waals surface area contributed by atoms with Gasteiger partial charge in [0.05, 0.1) is 19.3 Å². The maximum atomic E-state index is 13.4. The van der Waals surface area contributed by atoms with E-state index >= 15 is 0 Å². The first-order valence-corrected chi connectivity index (χ1v) is 9.30. The van der Waals surface area contributed by atoms with Gasteiger partial charge in [0.15, 0.2) is 17.5 Å². The first kappa shape index (κ1) is 23.0. The van der Waals surface area contributed by atoms with E-state index in [2.05, 4.69) is 15.6 Å². The highest BCUT2D eigenvalue weighted by molar-refractivity contribution is 14.0. The first-order valence-electron chi connectivity index (χ1n) is 9.30. The summed E-state index contributed by atoms with van der Waals surface area (Å²) in [7, 11) is 0. The Kier molecular flexibility index (Phi) is 11.6. The van der Waals surface area contributed by atoms with Crippen molar-refractivity contribution in [1.29, 1.82) is 0 Å². The van der Waals surface area contributed by atoms with E-state index < -0.39 is 5.82 Å². The fraction of sp³-hybridized carbons (Fsp3) is 0.632. The Bertz CT molecular complexity index is 550. The molecule has 0 amide bonds. The van der Waals surface area contributed by atoms with Crippen LogP contribution in [0.2, 0.25) is 0 Å². The molecule has 2 rings (SSSR count). The van der Waals surface area contributed by atoms with Crippen LogP contribution in [0.1, 0.15) is 51.0 Å². The smallest absolute Gasteiger partial charge is 0.191 e. The highest BCUT2D eigenvalue weighted by Crippen LogP contribution is 2.19. The standard InChI is InChI=1S/C19H30FN3O2.HI/c1-2-21-19(23-14-15-9-10-18(24)17(20)13-15)22-11-12-25-16-7-5-3-4-6-8-16;/h9-10,13,16,24H,2-8,11-12,14H2,1H3,(H2,21,22,23);1H. The lowest BCUT2D eigenvalue weighted by atomic mass is 10.1. The summed E-state index contributed by atoms with van der Waals surface area (Å²) >= 11 is 0. The second-order valence-electron chi connectivity index (χ2n) is 6.39. The number of halogens is 2. The van der Waals surface area contributed by atoms with Gasteiger partial charge in [-0.2, -0.15) is 0 Å². The highest BCUT2D eigenvalue weighted by Gasteiger charge is 2.12. The molecule has 148 valence electrons. The number of guanidine groups is 1. The van der Waals surface area contributed by atoms with Crippen molar-refractivity contribution in [3.8, 4) is 5.75 Å². The Labute approximate surface area is 172 Å². The molecule has 1 fully saturated rings. The monoisotopic (exact) mass is 479 g/mol. The number of rotatable bonds is 7. The van der Waals surface area contributed by atoms with E-state index in [1.807, 2.05) is 6.92 Å². The largest absolute Gasteiger partial charge is 0.505 e. The van der Waals surface area contributed by atoms with Crippen LogP contribution in [0.4, 0.5) is 4.39 Å². The van der Waals surface area contributed by atoms with Crippen molar-refractivity contribution >= 4 is 29.9 Å². The molecule has 0 bridgehead atoms. The van der Waals surface area contributed by atoms with Gasteiger partial charge in [-0.15, -0.1) is 24.0 Å². The van der Waals surface area contributed by atoms with E-state index in [4.69, 9.17) is 4.74 Å². The predicted molar refractivity (Wildman–Crippen MR) is 114 cm³/mol. The summed E-state index contributed by atoms with van der Waals surface area (Å²) in [5, 5.41) is 15.6. The van der Waals surface area contributed by atoms with Crippen molar-refractivity contribution in [3.63, 3.8) is 0 Å². The Morgan fingerprint density at radius 3 is 2.62 bits per heavy atom. The van der Waals surface area contributed by atoms with Gasteiger partial charge >= 0.3 is 0 Å². The fourth-order valence-corrected chi connectivity index (χ4v) is 2.96. The minimum Gasteiger partial charge on any atom is -0.505 e. The minimum atomic E-state index is -0.623. The third-order valence-corrected chi connectivity index (χ3v) is 4.33. The molecule has 0 spiro atoms. The minimum absolute atomic E-state index is 0. The number of aliphatic imine (C=N–C) groups is 1. The zero-order valence-corrected chi connectivity index (χ0v) is 17.8. The van der Waals surface area contributed by atoms with E-state index in [-0.39, 0.29) is 29.7 Å². The zero-order valence-electron chi connectivity index (χ0n) is 15.5. The summed E-state index contributed by atoms with van der Waals surface area (Å²) in [5.74, 6) is -0.281. The second-order valence-corrected chi connectivity index (χ2v) is 6.39. The number of ether oxygens (including phenoxy) is 1. The summed E-state index contributed by atoms with van der Waals surface area (Å²) in [5.41, 5.74) is 0.710. The molecule has 26 heavy (non-hydrogen) atoms. The van der Waals surface area contributed by atoms with Crippen LogP contribution in [-0.2, 0) is 11.3 Å². The van der Waals surface area contributed by atoms with Crippen molar-refractivity contribution in [2.75, 3.05) is 19.7 Å². The SMILES string of the molecule is CCNC(=NCc1ccc(O)c(F)c1)NCCOC1CCCCCC1.I. The number of phenols is 1. The topological polar surface area (TPSA) is 65.9 Å². The van der Waals surface area contributed by atoms with Crippen molar-refractivity contribution < 1.29 is 14.2 Å². The van der Waals surface area contributed by atoms with Gasteiger partial charge in [-0.05, 0) is 37.5 Å². The second kappa shape index (κ2) is 13.1. The number of nitrogens with one attached hydrogen (secondary N) is 2. The number of nitrogens with zero attached hydrogens (tertiary/aromatic N) is 1. The first-order chi connectivity index (χ1) is 12.2. The lowest BCUT2D eigenvalue weighted by Gasteiger charge is -2.16. The summed E-state index contributed by atoms with van der Waals surface area (Å²) in [6.07, 6.45) is 7.92. The van der Waals surface area contributed by atoms with E-state index in [9.17, 15) is 9.50 Å². The maximum absolute atomic E-state index is 13.4. The van der Waals surface area contributed by atoms with Crippen LogP contribution < -0.4 is 10.6 Å². The Morgan fingerprint density at radius 2 is 1.96 bits per heavy atom. The van der Waals surface area contributed by atoms with Gasteiger partial charge in [-0.3, -0.25) is 0 Å². The molecule has 1 saturated carbocycles. The molecule has 0 unspecified atom stereocenters. The molecule has 1 aliphatic rings. The Morgan fingerprint density at radius 1 is 1.23 bits per heavy atom. The molecule has 1 aromatic carbocycles. The molecule has 3 N–H and O–H groups in total. The summed E-state index contributed by atoms with van der Waals surface area (Å²) in [4.78, 5) is 4.44. The molecule has 0 radical (unpaired) electrons. The third kappa shape index (κ3) is 8.53. The molecule has 0 atom stereocenters. The zero-order chi connectivity index (χ0) is 17.9. The van der Waals surface area contributed by atoms with Gasteiger partial charge in [-0.1, -0.05) is 31.7 Å². The van der Waals surface area contributed by atoms with Gasteiger partial charge in [0, 0.05) is 13.1 Å². The summed E-state index contributed by atoms with van der Waals surface area (Å²) in [6, 6.07) is 4.32. The third-order valence-electron chi connectivity index (χ3n) is 4.33. The molecule has 7 heteroatoms. The van der Waals surface area contributed by atoms with Crippen molar-refractivity contribution in [2.45, 2.75) is 58.1 Å². The van der Waals surface area contributed by atoms with E-state index in [0.717, 1.165) is 6.54 Å². The van der Waals surface area contributed by atoms with Gasteiger partial charge in [0.1, 0.15) is 0 Å². The van der Waals surface area contributed by atoms with Crippen LogP contribution in [0, 0.1) is 5.82 Å². The number of benzene rings is 1. The van der Waals surface area contributed by atoms with Gasteiger partial charge in [-0.25, -0.2) is 9.38 Å². The molecule has 0 aliphatic heterocycles. The molecular weight excluding hydrogens is 448 g/mol. The Balaban J connectivity index is 0.00000338. The van der Waals surface area contributed by atoms with Crippen LogP contribution in [0.25, 0.3) is 0 Å². The fourth-order valence-electron chi connectivity index (χ4n) is 2.96. The quantitative estimate of drug-likeness (QED) is 0.182. The summed E-state index contributed by atoms with van der Waals surface area (Å²) < 4.78 is 19.3. The lowest BCUT2D eigenvalue weighted by molar-refractivity contribution is 0.0468. The Hall–Kier alpha value is -1.09. The van der Waals surface area contributed by atoms with Crippen molar-refractivity contribution in [2.24, 2.45) is 4.99 Å². The summed E-state index contributed by atoms with van der Waals surface area (Å²) in [6.45, 7) is 4.43. The van der Waals surface area contributed by atoms with Gasteiger partial charge in [0.25, 0.3) is 0 Å². The number of aromatic hydroxyl groups is 1. The molecule has 0 aromatic heterocycles. The van der Waals surface area contributed by atoms with Crippen LogP contribution in [0.3, 0.4) is 0 Å². The van der Waals surface area contributed by atoms with Crippen LogP contribution in [0.15, 0.2) is 23.2 Å². The van der Waals surface area contributed by atoms with Gasteiger partial charge in [0.2, 0.25) is 0 Å². The number of phenolic OH excluding ortho intramolecular Hbond substituents is 1. The average molecular weight is 479 g/mol. The highest BCUT2D eigenvalue weighted by atomic mass is 127. The predicted octanol–water partition coefficient (Wildman–Crippen LogP) is 3.94. The van der Waals surface area contributed by atoms with Crippen molar-refractivity contribution in [3.05, 3.63) is 29.6 Å². The molecule has 1 aromatic rings. The van der Waals surface area contributed by atoms with E-state index in [1.54, 1.807) is 6.07 Å². The van der Waals surface area contributed by atoms with E-state index in [0.29, 0.717) is 37.3 Å². The van der Waals surface area contributed by atoms with Crippen LogP contribution >= 0.6 is 24.0 Å². The van der Waals surface area contributed by atoms with E-state index in [1.165, 1.54) is 50.7 Å². The number of hydrogen-bond acceptors (Lipinski definition) is 3. The molecule has 1 aliphatic carbocycles. The van der Waals surface area contributed by atoms with Crippen LogP contribution in [-0.4, -0.2) is 36.9 Å². The lowest BCUT2D eigenvalue weighted by Crippen LogP contribution is -2.39. The molecule has 0 saturated heterocycles. The molecular formula is C19H31FIN3O2. The van der Waals surface area contributed by atoms with Gasteiger partial charge < -0.3 is 20.5 Å². The van der Waals surface area contributed by atoms with Crippen molar-refractivity contribution in [1.82, 2.24) is 10.6 Å². The average Bonchev–Trinajstić information content (AvgIpc) is 2.88. The molecule has 5 nitrogen and oxygen atoms in total.